The van der Waals surface area contributed by atoms with E-state index in [2.05, 4.69) is 17.6 Å². The van der Waals surface area contributed by atoms with E-state index in [0.717, 1.165) is 16.3 Å². The first-order valence-corrected chi connectivity index (χ1v) is 5.90. The summed E-state index contributed by atoms with van der Waals surface area (Å²) in [5.74, 6) is 0.00773. The Bertz CT molecular complexity index is 350. The molecule has 0 unspecified atom stereocenters. The minimum atomic E-state index is -0.138. The number of anilines is 1. The first-order valence-electron chi connectivity index (χ1n) is 5.08. The number of hydrogen-bond donors (Lipinski definition) is 2. The van der Waals surface area contributed by atoms with Gasteiger partial charge in [0.05, 0.1) is 9.88 Å². The summed E-state index contributed by atoms with van der Waals surface area (Å²) < 4.78 is 0. The molecule has 0 bridgehead atoms. The standard InChI is InChI=1S/C11H18N2OS.ClH/c1-5-11(2,3)13-10(14)8-6-7-9(12-4)15-8;/h6-7,12H,5H2,1-4H3,(H,13,14);1H. The molecule has 0 saturated carbocycles. The van der Waals surface area contributed by atoms with Gasteiger partial charge in [0.2, 0.25) is 0 Å². The second-order valence-corrected chi connectivity index (χ2v) is 5.19. The number of carbonyl (C=O) groups excluding carboxylic acids is 1. The summed E-state index contributed by atoms with van der Waals surface area (Å²) >= 11 is 1.47. The minimum Gasteiger partial charge on any atom is -0.380 e. The van der Waals surface area contributed by atoms with Crippen molar-refractivity contribution in [3.8, 4) is 0 Å². The molecule has 0 aliphatic heterocycles. The number of nitrogens with one attached hydrogen (secondary N) is 2. The lowest BCUT2D eigenvalue weighted by Crippen LogP contribution is -2.42. The van der Waals surface area contributed by atoms with Crippen LogP contribution in [0.15, 0.2) is 12.1 Å². The maximum atomic E-state index is 11.8. The molecule has 5 heteroatoms. The van der Waals surface area contributed by atoms with Crippen LogP contribution in [0.25, 0.3) is 0 Å². The number of thiophene rings is 1. The third-order valence-electron chi connectivity index (χ3n) is 2.41. The Morgan fingerprint density at radius 3 is 2.50 bits per heavy atom. The Labute approximate surface area is 107 Å². The summed E-state index contributed by atoms with van der Waals surface area (Å²) in [6, 6.07) is 3.76. The maximum Gasteiger partial charge on any atom is 0.261 e. The number of rotatable bonds is 4. The van der Waals surface area contributed by atoms with E-state index in [1.165, 1.54) is 11.3 Å². The van der Waals surface area contributed by atoms with Crippen LogP contribution in [0.5, 0.6) is 0 Å². The first-order chi connectivity index (χ1) is 6.98. The Balaban J connectivity index is 0.00000225. The molecule has 92 valence electrons. The molecule has 1 amide bonds. The molecule has 0 spiro atoms. The van der Waals surface area contributed by atoms with Gasteiger partial charge in [0.15, 0.2) is 0 Å². The van der Waals surface area contributed by atoms with Crippen LogP contribution in [0.3, 0.4) is 0 Å². The molecule has 1 rings (SSSR count). The van der Waals surface area contributed by atoms with Crippen molar-refractivity contribution < 1.29 is 4.79 Å². The lowest BCUT2D eigenvalue weighted by atomic mass is 10.0. The average molecular weight is 263 g/mol. The molecule has 0 fully saturated rings. The fraction of sp³-hybridized carbons (Fsp3) is 0.545. The minimum absolute atomic E-state index is 0. The quantitative estimate of drug-likeness (QED) is 0.875. The summed E-state index contributed by atoms with van der Waals surface area (Å²) in [5.41, 5.74) is -0.138. The average Bonchev–Trinajstić information content (AvgIpc) is 2.65. The van der Waals surface area contributed by atoms with Crippen LogP contribution in [-0.4, -0.2) is 18.5 Å². The molecule has 0 aliphatic rings. The van der Waals surface area contributed by atoms with Gasteiger partial charge in [0.1, 0.15) is 0 Å². The fourth-order valence-electron chi connectivity index (χ4n) is 1.05. The molecule has 0 atom stereocenters. The Morgan fingerprint density at radius 1 is 1.44 bits per heavy atom. The highest BCUT2D eigenvalue weighted by Crippen LogP contribution is 2.21. The Morgan fingerprint density at radius 2 is 2.06 bits per heavy atom. The molecule has 0 aliphatic carbocycles. The highest BCUT2D eigenvalue weighted by atomic mass is 35.5. The van der Waals surface area contributed by atoms with E-state index in [1.807, 2.05) is 33.0 Å². The van der Waals surface area contributed by atoms with E-state index in [9.17, 15) is 4.79 Å². The van der Waals surface area contributed by atoms with Gasteiger partial charge >= 0.3 is 0 Å². The Hall–Kier alpha value is -0.740. The van der Waals surface area contributed by atoms with E-state index < -0.39 is 0 Å². The highest BCUT2D eigenvalue weighted by molar-refractivity contribution is 7.17. The second-order valence-electron chi connectivity index (χ2n) is 4.11. The highest BCUT2D eigenvalue weighted by Gasteiger charge is 2.19. The number of amides is 1. The van der Waals surface area contributed by atoms with Gasteiger partial charge in [-0.2, -0.15) is 0 Å². The van der Waals surface area contributed by atoms with E-state index in [0.29, 0.717) is 0 Å². The third-order valence-corrected chi connectivity index (χ3v) is 3.51. The topological polar surface area (TPSA) is 41.1 Å². The summed E-state index contributed by atoms with van der Waals surface area (Å²) in [5, 5.41) is 7.03. The number of hydrogen-bond acceptors (Lipinski definition) is 3. The van der Waals surface area contributed by atoms with Crippen LogP contribution in [-0.2, 0) is 0 Å². The van der Waals surface area contributed by atoms with Crippen molar-refractivity contribution in [1.82, 2.24) is 5.32 Å². The maximum absolute atomic E-state index is 11.8. The van der Waals surface area contributed by atoms with E-state index in [-0.39, 0.29) is 23.9 Å². The van der Waals surface area contributed by atoms with Gasteiger partial charge in [0, 0.05) is 12.6 Å². The smallest absolute Gasteiger partial charge is 0.261 e. The van der Waals surface area contributed by atoms with Gasteiger partial charge in [-0.05, 0) is 32.4 Å². The zero-order valence-corrected chi connectivity index (χ0v) is 11.7. The van der Waals surface area contributed by atoms with Crippen LogP contribution in [0.1, 0.15) is 36.9 Å². The zero-order valence-electron chi connectivity index (χ0n) is 10.1. The Kier molecular flexibility index (Phi) is 5.83. The number of halogens is 1. The van der Waals surface area contributed by atoms with Crippen LogP contribution in [0.2, 0.25) is 0 Å². The van der Waals surface area contributed by atoms with Crippen LogP contribution >= 0.6 is 23.7 Å². The normalized spacial score (nSPS) is 10.5. The van der Waals surface area contributed by atoms with E-state index in [1.54, 1.807) is 0 Å². The molecule has 0 aromatic carbocycles. The van der Waals surface area contributed by atoms with Crippen molar-refractivity contribution in [3.63, 3.8) is 0 Å². The molecular weight excluding hydrogens is 244 g/mol. The van der Waals surface area contributed by atoms with Gasteiger partial charge < -0.3 is 10.6 Å². The van der Waals surface area contributed by atoms with Crippen LogP contribution in [0.4, 0.5) is 5.00 Å². The van der Waals surface area contributed by atoms with Gasteiger partial charge in [-0.1, -0.05) is 6.92 Å². The van der Waals surface area contributed by atoms with Crippen LogP contribution in [0, 0.1) is 0 Å². The van der Waals surface area contributed by atoms with Gasteiger partial charge in [0.25, 0.3) is 5.91 Å². The summed E-state index contributed by atoms with van der Waals surface area (Å²) in [6.45, 7) is 6.11. The molecular formula is C11H19ClN2OS. The van der Waals surface area contributed by atoms with Gasteiger partial charge in [-0.15, -0.1) is 23.7 Å². The molecule has 16 heavy (non-hydrogen) atoms. The van der Waals surface area contributed by atoms with Gasteiger partial charge in [-0.25, -0.2) is 0 Å². The summed E-state index contributed by atoms with van der Waals surface area (Å²) in [7, 11) is 1.85. The van der Waals surface area contributed by atoms with Crippen molar-refractivity contribution in [2.24, 2.45) is 0 Å². The van der Waals surface area contributed by atoms with Crippen molar-refractivity contribution in [2.45, 2.75) is 32.7 Å². The molecule has 1 aromatic heterocycles. The molecule has 2 N–H and O–H groups in total. The van der Waals surface area contributed by atoms with Gasteiger partial charge in [-0.3, -0.25) is 4.79 Å². The largest absolute Gasteiger partial charge is 0.380 e. The van der Waals surface area contributed by atoms with Crippen molar-refractivity contribution in [2.75, 3.05) is 12.4 Å². The number of carbonyl (C=O) groups is 1. The van der Waals surface area contributed by atoms with E-state index in [4.69, 9.17) is 0 Å². The predicted molar refractivity (Wildman–Crippen MR) is 72.9 cm³/mol. The molecule has 0 saturated heterocycles. The third kappa shape index (κ3) is 4.02. The van der Waals surface area contributed by atoms with E-state index >= 15 is 0 Å². The SMILES string of the molecule is CCC(C)(C)NC(=O)c1ccc(NC)s1.Cl. The summed E-state index contributed by atoms with van der Waals surface area (Å²) in [4.78, 5) is 12.6. The van der Waals surface area contributed by atoms with Crippen molar-refractivity contribution in [3.05, 3.63) is 17.0 Å². The van der Waals surface area contributed by atoms with Crippen molar-refractivity contribution >= 4 is 34.7 Å². The first kappa shape index (κ1) is 15.3. The fourth-order valence-corrected chi connectivity index (χ4v) is 1.81. The zero-order chi connectivity index (χ0) is 11.5. The lowest BCUT2D eigenvalue weighted by molar-refractivity contribution is 0.0915. The molecule has 3 nitrogen and oxygen atoms in total. The monoisotopic (exact) mass is 262 g/mol. The molecule has 1 heterocycles. The molecule has 1 aromatic rings. The predicted octanol–water partition coefficient (Wildman–Crippen LogP) is 3.13. The van der Waals surface area contributed by atoms with Crippen molar-refractivity contribution in [1.29, 1.82) is 0 Å². The lowest BCUT2D eigenvalue weighted by Gasteiger charge is -2.23. The van der Waals surface area contributed by atoms with Crippen LogP contribution < -0.4 is 10.6 Å². The summed E-state index contributed by atoms with van der Waals surface area (Å²) in [6.07, 6.45) is 0.920. The second kappa shape index (κ2) is 6.11. The molecule has 0 radical (unpaired) electrons.